The van der Waals surface area contributed by atoms with Gasteiger partial charge in [-0.15, -0.1) is 0 Å². The maximum Gasteiger partial charge on any atom is 0.237 e. The Morgan fingerprint density at radius 3 is 2.60 bits per heavy atom. The van der Waals surface area contributed by atoms with Crippen LogP contribution in [0.4, 0.5) is 0 Å². The Bertz CT molecular complexity index is 277. The van der Waals surface area contributed by atoms with Crippen molar-refractivity contribution in [2.75, 3.05) is 20.1 Å². The molecule has 1 amide bonds. The first-order valence-electron chi connectivity index (χ1n) is 8.29. The van der Waals surface area contributed by atoms with Gasteiger partial charge in [-0.2, -0.15) is 0 Å². The van der Waals surface area contributed by atoms with Crippen molar-refractivity contribution in [1.29, 1.82) is 0 Å². The topological polar surface area (TPSA) is 58.4 Å². The molecule has 4 heteroatoms. The van der Waals surface area contributed by atoms with Crippen LogP contribution in [-0.2, 0) is 4.79 Å². The number of nitrogens with two attached hydrogens (primary N) is 1. The predicted octanol–water partition coefficient (Wildman–Crippen LogP) is 2.13. The second-order valence-electron chi connectivity index (χ2n) is 6.33. The lowest BCUT2D eigenvalue weighted by atomic mass is 9.94. The normalized spacial score (nSPS) is 19.9. The number of hydrogen-bond donors (Lipinski definition) is 2. The van der Waals surface area contributed by atoms with Gasteiger partial charge in [-0.1, -0.05) is 39.5 Å². The first-order chi connectivity index (χ1) is 9.56. The summed E-state index contributed by atoms with van der Waals surface area (Å²) >= 11 is 0. The van der Waals surface area contributed by atoms with E-state index in [0.29, 0.717) is 0 Å². The summed E-state index contributed by atoms with van der Waals surface area (Å²) in [7, 11) is 2.21. The van der Waals surface area contributed by atoms with Crippen molar-refractivity contribution in [1.82, 2.24) is 10.2 Å². The van der Waals surface area contributed by atoms with Crippen molar-refractivity contribution in [3.63, 3.8) is 0 Å². The highest BCUT2D eigenvalue weighted by Crippen LogP contribution is 2.21. The minimum atomic E-state index is -0.365. The number of nitrogens with one attached hydrogen (secondary N) is 1. The van der Waals surface area contributed by atoms with E-state index < -0.39 is 0 Å². The number of carbonyl (C=O) groups is 1. The van der Waals surface area contributed by atoms with Gasteiger partial charge in [-0.25, -0.2) is 0 Å². The third kappa shape index (κ3) is 5.80. The summed E-state index contributed by atoms with van der Waals surface area (Å²) in [5, 5.41) is 2.97. The van der Waals surface area contributed by atoms with Crippen LogP contribution in [0, 0.1) is 5.92 Å². The molecule has 1 rings (SSSR count). The largest absolute Gasteiger partial charge is 0.355 e. The lowest BCUT2D eigenvalue weighted by Gasteiger charge is -2.31. The van der Waals surface area contributed by atoms with Crippen LogP contribution in [0.5, 0.6) is 0 Å². The van der Waals surface area contributed by atoms with Gasteiger partial charge in [0, 0.05) is 12.6 Å². The molecule has 4 nitrogen and oxygen atoms in total. The minimum absolute atomic E-state index is 0.000306. The fourth-order valence-corrected chi connectivity index (χ4v) is 2.87. The molecule has 20 heavy (non-hydrogen) atoms. The van der Waals surface area contributed by atoms with Crippen LogP contribution in [0.15, 0.2) is 0 Å². The zero-order valence-electron chi connectivity index (χ0n) is 13.5. The van der Waals surface area contributed by atoms with Crippen LogP contribution in [-0.4, -0.2) is 43.0 Å². The van der Waals surface area contributed by atoms with E-state index in [1.54, 1.807) is 0 Å². The molecule has 0 aromatic heterocycles. The van der Waals surface area contributed by atoms with E-state index in [2.05, 4.69) is 24.2 Å². The summed E-state index contributed by atoms with van der Waals surface area (Å²) in [5.41, 5.74) is 5.91. The lowest BCUT2D eigenvalue weighted by Crippen LogP contribution is -2.45. The van der Waals surface area contributed by atoms with Crippen molar-refractivity contribution in [2.24, 2.45) is 11.7 Å². The summed E-state index contributed by atoms with van der Waals surface area (Å²) in [4.78, 5) is 14.3. The van der Waals surface area contributed by atoms with E-state index in [9.17, 15) is 4.79 Å². The molecule has 2 atom stereocenters. The Balaban J connectivity index is 2.13. The van der Waals surface area contributed by atoms with Gasteiger partial charge in [0.2, 0.25) is 5.91 Å². The van der Waals surface area contributed by atoms with E-state index in [1.807, 2.05) is 6.92 Å². The molecule has 1 fully saturated rings. The third-order valence-electron chi connectivity index (χ3n) is 4.74. The first-order valence-corrected chi connectivity index (χ1v) is 8.29. The molecule has 0 bridgehead atoms. The maximum atomic E-state index is 11.8. The lowest BCUT2D eigenvalue weighted by molar-refractivity contribution is -0.123. The van der Waals surface area contributed by atoms with Gasteiger partial charge in [0.25, 0.3) is 0 Å². The number of rotatable bonds is 8. The molecule has 0 aromatic carbocycles. The summed E-state index contributed by atoms with van der Waals surface area (Å²) in [6.07, 6.45) is 8.76. The minimum Gasteiger partial charge on any atom is -0.355 e. The Morgan fingerprint density at radius 1 is 1.35 bits per heavy atom. The summed E-state index contributed by atoms with van der Waals surface area (Å²) in [6, 6.07) is 0.387. The molecule has 1 unspecified atom stereocenters. The molecule has 0 spiro atoms. The predicted molar refractivity (Wildman–Crippen MR) is 84.6 cm³/mol. The van der Waals surface area contributed by atoms with E-state index in [1.165, 1.54) is 32.1 Å². The quantitative estimate of drug-likeness (QED) is 0.671. The van der Waals surface area contributed by atoms with Crippen LogP contribution in [0.25, 0.3) is 0 Å². The van der Waals surface area contributed by atoms with Crippen molar-refractivity contribution < 1.29 is 4.79 Å². The molecule has 1 aliphatic rings. The smallest absolute Gasteiger partial charge is 0.237 e. The van der Waals surface area contributed by atoms with Crippen molar-refractivity contribution >= 4 is 5.91 Å². The van der Waals surface area contributed by atoms with Crippen LogP contribution in [0.3, 0.4) is 0 Å². The van der Waals surface area contributed by atoms with Crippen LogP contribution < -0.4 is 11.1 Å². The van der Waals surface area contributed by atoms with Gasteiger partial charge in [-0.05, 0) is 38.8 Å². The van der Waals surface area contributed by atoms with Crippen molar-refractivity contribution in [2.45, 2.75) is 70.9 Å². The van der Waals surface area contributed by atoms with Gasteiger partial charge in [0.05, 0.1) is 6.04 Å². The Morgan fingerprint density at radius 2 is 2.00 bits per heavy atom. The molecule has 1 saturated carbocycles. The Labute approximate surface area is 124 Å². The van der Waals surface area contributed by atoms with Crippen molar-refractivity contribution in [3.05, 3.63) is 0 Å². The molecule has 0 radical (unpaired) electrons. The molecular weight excluding hydrogens is 250 g/mol. The molecule has 3 N–H and O–H groups in total. The van der Waals surface area contributed by atoms with Gasteiger partial charge >= 0.3 is 0 Å². The summed E-state index contributed by atoms with van der Waals surface area (Å²) < 4.78 is 0. The highest BCUT2D eigenvalue weighted by molar-refractivity contribution is 5.81. The Kier molecular flexibility index (Phi) is 8.15. The zero-order valence-corrected chi connectivity index (χ0v) is 13.5. The van der Waals surface area contributed by atoms with Gasteiger partial charge in [0.1, 0.15) is 0 Å². The Hall–Kier alpha value is -0.610. The molecular formula is C16H33N3O. The number of amides is 1. The first kappa shape index (κ1) is 17.4. The third-order valence-corrected chi connectivity index (χ3v) is 4.74. The number of nitrogens with zero attached hydrogens (tertiary/aromatic N) is 1. The number of hydrogen-bond acceptors (Lipinski definition) is 3. The number of carbonyl (C=O) groups excluding carboxylic acids is 1. The summed E-state index contributed by atoms with van der Waals surface area (Å²) in [6.45, 7) is 5.89. The monoisotopic (exact) mass is 283 g/mol. The molecule has 0 heterocycles. The second kappa shape index (κ2) is 9.35. The van der Waals surface area contributed by atoms with Crippen molar-refractivity contribution in [3.8, 4) is 0 Å². The highest BCUT2D eigenvalue weighted by atomic mass is 16.2. The zero-order chi connectivity index (χ0) is 15.0. The van der Waals surface area contributed by atoms with Crippen LogP contribution in [0.1, 0.15) is 58.8 Å². The van der Waals surface area contributed by atoms with Gasteiger partial charge in [-0.3, -0.25) is 4.79 Å². The summed E-state index contributed by atoms with van der Waals surface area (Å²) in [5.74, 6) is 0.250. The van der Waals surface area contributed by atoms with E-state index in [4.69, 9.17) is 5.73 Å². The molecule has 0 aliphatic heterocycles. The van der Waals surface area contributed by atoms with Gasteiger partial charge in [0.15, 0.2) is 0 Å². The molecule has 118 valence electrons. The average molecular weight is 283 g/mol. The average Bonchev–Trinajstić information content (AvgIpc) is 2.50. The van der Waals surface area contributed by atoms with E-state index in [0.717, 1.165) is 32.0 Å². The molecule has 0 saturated heterocycles. The molecule has 1 aliphatic carbocycles. The second-order valence-corrected chi connectivity index (χ2v) is 6.33. The maximum absolute atomic E-state index is 11.8. The highest BCUT2D eigenvalue weighted by Gasteiger charge is 2.19. The fourth-order valence-electron chi connectivity index (χ4n) is 2.87. The molecule has 0 aromatic rings. The SMILES string of the molecule is CCC(C)[C@H](N)C(=O)NCCCN(C)C1CCCCC1. The fraction of sp³-hybridized carbons (Fsp3) is 0.938. The van der Waals surface area contributed by atoms with E-state index in [-0.39, 0.29) is 17.9 Å². The standard InChI is InChI=1S/C16H33N3O/c1-4-13(2)15(17)16(20)18-11-8-12-19(3)14-9-6-5-7-10-14/h13-15H,4-12,17H2,1-3H3,(H,18,20)/t13?,15-/m0/s1. The van der Waals surface area contributed by atoms with E-state index >= 15 is 0 Å². The van der Waals surface area contributed by atoms with Crippen LogP contribution in [0.2, 0.25) is 0 Å². The van der Waals surface area contributed by atoms with Gasteiger partial charge < -0.3 is 16.0 Å². The van der Waals surface area contributed by atoms with Crippen LogP contribution >= 0.6 is 0 Å².